The van der Waals surface area contributed by atoms with E-state index in [1.807, 2.05) is 0 Å². The molecule has 0 bridgehead atoms. The first kappa shape index (κ1) is 23.3. The number of aryl methyl sites for hydroxylation is 1. The number of carbonyl (C=O) groups excluding carboxylic acids is 1. The summed E-state index contributed by atoms with van der Waals surface area (Å²) >= 11 is 12.2. The molecule has 1 aliphatic rings. The van der Waals surface area contributed by atoms with E-state index in [0.29, 0.717) is 22.5 Å². The van der Waals surface area contributed by atoms with E-state index >= 15 is 0 Å². The van der Waals surface area contributed by atoms with Crippen molar-refractivity contribution in [1.82, 2.24) is 19.7 Å². The Kier molecular flexibility index (Phi) is 7.10. The van der Waals surface area contributed by atoms with E-state index in [9.17, 15) is 18.0 Å². The zero-order chi connectivity index (χ0) is 22.9. The van der Waals surface area contributed by atoms with Crippen LogP contribution in [0.2, 0.25) is 10.0 Å². The Labute approximate surface area is 186 Å². The second kappa shape index (κ2) is 9.44. The molecule has 0 radical (unpaired) electrons. The van der Waals surface area contributed by atoms with E-state index in [1.54, 1.807) is 13.8 Å². The van der Waals surface area contributed by atoms with E-state index in [-0.39, 0.29) is 35.1 Å². The van der Waals surface area contributed by atoms with Crippen LogP contribution in [0.1, 0.15) is 54.9 Å². The summed E-state index contributed by atoms with van der Waals surface area (Å²) in [5, 5.41) is 7.99. The van der Waals surface area contributed by atoms with Crippen molar-refractivity contribution in [2.45, 2.75) is 45.3 Å². The van der Waals surface area contributed by atoms with Gasteiger partial charge in [0.2, 0.25) is 5.95 Å². The molecule has 2 heterocycles. The van der Waals surface area contributed by atoms with E-state index < -0.39 is 29.5 Å². The van der Waals surface area contributed by atoms with Crippen molar-refractivity contribution in [2.24, 2.45) is 12.2 Å². The van der Waals surface area contributed by atoms with Gasteiger partial charge in [-0.1, -0.05) is 28.4 Å². The van der Waals surface area contributed by atoms with Crippen LogP contribution in [0.25, 0.3) is 0 Å². The highest BCUT2D eigenvalue weighted by molar-refractivity contribution is 6.36. The minimum atomic E-state index is -3.11. The van der Waals surface area contributed by atoms with E-state index in [1.165, 1.54) is 17.2 Å². The first-order valence-electron chi connectivity index (χ1n) is 9.45. The summed E-state index contributed by atoms with van der Waals surface area (Å²) in [6, 6.07) is 1.18. The summed E-state index contributed by atoms with van der Waals surface area (Å²) in [5.41, 5.74) is -1.27. The maximum atomic E-state index is 14.5. The molecule has 2 aromatic heterocycles. The third-order valence-corrected chi connectivity index (χ3v) is 4.94. The van der Waals surface area contributed by atoms with Crippen molar-refractivity contribution in [3.05, 3.63) is 45.2 Å². The van der Waals surface area contributed by atoms with Crippen LogP contribution in [-0.2, 0) is 11.9 Å². The maximum absolute atomic E-state index is 14.5. The Morgan fingerprint density at radius 1 is 1.39 bits per heavy atom. The summed E-state index contributed by atoms with van der Waals surface area (Å²) in [7, 11) is 1.15. The fourth-order valence-corrected chi connectivity index (χ4v) is 3.36. The van der Waals surface area contributed by atoms with Crippen LogP contribution in [0.15, 0.2) is 17.4 Å². The summed E-state index contributed by atoms with van der Waals surface area (Å²) in [6.45, 7) is 3.32. The molecular formula is C19H20Cl2F3N5O2. The second-order valence-electron chi connectivity index (χ2n) is 7.32. The number of oxime groups is 1. The van der Waals surface area contributed by atoms with Gasteiger partial charge < -0.3 is 9.74 Å². The van der Waals surface area contributed by atoms with Gasteiger partial charge >= 0.3 is 0 Å². The monoisotopic (exact) mass is 477 g/mol. The number of halogens is 5. The Bertz CT molecular complexity index is 1010. The summed E-state index contributed by atoms with van der Waals surface area (Å²) < 4.78 is 41.9. The number of nitrogens with zero attached hydrogens (tertiary/aromatic N) is 5. The normalized spacial score (nSPS) is 14.5. The molecule has 3 rings (SSSR count). The Balaban J connectivity index is 2.00. The van der Waals surface area contributed by atoms with Crippen molar-refractivity contribution >= 4 is 34.8 Å². The first-order valence-corrected chi connectivity index (χ1v) is 10.2. The first-order chi connectivity index (χ1) is 14.6. The van der Waals surface area contributed by atoms with Crippen LogP contribution in [0, 0.1) is 5.95 Å². The maximum Gasteiger partial charge on any atom is 0.283 e. The molecule has 0 aliphatic heterocycles. The predicted molar refractivity (Wildman–Crippen MR) is 109 cm³/mol. The van der Waals surface area contributed by atoms with Crippen molar-refractivity contribution in [3.8, 4) is 0 Å². The topological polar surface area (TPSA) is 72.6 Å². The largest absolute Gasteiger partial charge is 0.393 e. The van der Waals surface area contributed by atoms with Crippen LogP contribution in [0.3, 0.4) is 0 Å². The third-order valence-electron chi connectivity index (χ3n) is 4.45. The highest BCUT2D eigenvalue weighted by Gasteiger charge is 2.39. The predicted octanol–water partition coefficient (Wildman–Crippen LogP) is 4.63. The average molecular weight is 478 g/mol. The molecule has 31 heavy (non-hydrogen) atoms. The Morgan fingerprint density at radius 2 is 2.06 bits per heavy atom. The Morgan fingerprint density at radius 3 is 2.61 bits per heavy atom. The average Bonchev–Trinajstić information content (AvgIpc) is 3.47. The number of rotatable bonds is 8. The van der Waals surface area contributed by atoms with Gasteiger partial charge in [0.15, 0.2) is 0 Å². The number of aromatic nitrogens is 3. The Hall–Kier alpha value is -2.33. The van der Waals surface area contributed by atoms with Crippen LogP contribution >= 0.6 is 23.2 Å². The van der Waals surface area contributed by atoms with Crippen LogP contribution < -0.4 is 0 Å². The summed E-state index contributed by atoms with van der Waals surface area (Å²) in [6.07, 6.45) is -0.768. The molecular weight excluding hydrogens is 458 g/mol. The van der Waals surface area contributed by atoms with Gasteiger partial charge in [-0.05, 0) is 32.8 Å². The number of alkyl halides is 2. The second-order valence-corrected chi connectivity index (χ2v) is 8.16. The smallest absolute Gasteiger partial charge is 0.283 e. The highest BCUT2D eigenvalue weighted by Crippen LogP contribution is 2.32. The van der Waals surface area contributed by atoms with Crippen LogP contribution in [-0.4, -0.2) is 50.0 Å². The highest BCUT2D eigenvalue weighted by atomic mass is 35.5. The number of hydrogen-bond donors (Lipinski definition) is 0. The molecule has 0 atom stereocenters. The lowest BCUT2D eigenvalue weighted by Crippen LogP contribution is -2.39. The molecule has 0 saturated heterocycles. The lowest BCUT2D eigenvalue weighted by Gasteiger charge is -2.23. The van der Waals surface area contributed by atoms with Crippen molar-refractivity contribution in [1.29, 1.82) is 0 Å². The molecule has 1 amide bonds. The zero-order valence-electron chi connectivity index (χ0n) is 17.0. The van der Waals surface area contributed by atoms with Gasteiger partial charge in [0.1, 0.15) is 28.8 Å². The molecule has 7 nitrogen and oxygen atoms in total. The minimum absolute atomic E-state index is 0.169. The molecule has 0 aromatic carbocycles. The summed E-state index contributed by atoms with van der Waals surface area (Å²) in [4.78, 5) is 23.9. The number of carbonyl (C=O) groups is 1. The van der Waals surface area contributed by atoms with Gasteiger partial charge in [0.25, 0.3) is 12.3 Å². The SMILES string of the molecule is CC(C)ON=C(CN(C(=O)c1c(C(F)F)nn(C)c1F)C1CC1)c1ncc(Cl)cc1Cl. The number of amides is 1. The number of hydrogen-bond acceptors (Lipinski definition) is 5. The molecule has 0 unspecified atom stereocenters. The quantitative estimate of drug-likeness (QED) is 0.410. The molecule has 2 aromatic rings. The van der Waals surface area contributed by atoms with Crippen molar-refractivity contribution < 1.29 is 22.8 Å². The van der Waals surface area contributed by atoms with Crippen molar-refractivity contribution in [3.63, 3.8) is 0 Å². The number of pyridine rings is 1. The zero-order valence-corrected chi connectivity index (χ0v) is 18.5. The molecule has 1 aliphatic carbocycles. The van der Waals surface area contributed by atoms with Gasteiger partial charge in [-0.2, -0.15) is 9.49 Å². The lowest BCUT2D eigenvalue weighted by atomic mass is 10.1. The van der Waals surface area contributed by atoms with Gasteiger partial charge in [-0.3, -0.25) is 9.78 Å². The minimum Gasteiger partial charge on any atom is -0.393 e. The fraction of sp³-hybridized carbons (Fsp3) is 0.474. The van der Waals surface area contributed by atoms with Gasteiger partial charge in [-0.25, -0.2) is 13.5 Å². The van der Waals surface area contributed by atoms with Gasteiger partial charge in [0.05, 0.1) is 16.6 Å². The molecule has 1 fully saturated rings. The summed E-state index contributed by atoms with van der Waals surface area (Å²) in [5.74, 6) is -2.05. The molecule has 168 valence electrons. The molecule has 12 heteroatoms. The van der Waals surface area contributed by atoms with Gasteiger partial charge in [0, 0.05) is 19.3 Å². The molecule has 0 N–H and O–H groups in total. The van der Waals surface area contributed by atoms with Crippen LogP contribution in [0.4, 0.5) is 13.2 Å². The molecule has 0 spiro atoms. The standard InChI is InChI=1S/C19H20Cl2F3N5O2/c1-9(2)31-27-13(15-12(21)6-10(20)7-25-15)8-29(11-4-5-11)19(30)14-16(17(22)23)26-28(3)18(14)24/h6-7,9,11,17H,4-5,8H2,1-3H3. The van der Waals surface area contributed by atoms with Crippen molar-refractivity contribution in [2.75, 3.05) is 6.54 Å². The van der Waals surface area contributed by atoms with E-state index in [2.05, 4.69) is 15.2 Å². The third kappa shape index (κ3) is 5.30. The van der Waals surface area contributed by atoms with E-state index in [4.69, 9.17) is 28.0 Å². The van der Waals surface area contributed by atoms with E-state index in [0.717, 1.165) is 7.05 Å². The van der Waals surface area contributed by atoms with Gasteiger partial charge in [-0.15, -0.1) is 0 Å². The lowest BCUT2D eigenvalue weighted by molar-refractivity contribution is 0.0734. The van der Waals surface area contributed by atoms with Crippen LogP contribution in [0.5, 0.6) is 0 Å². The molecule has 1 saturated carbocycles. The fourth-order valence-electron chi connectivity index (χ4n) is 2.87.